The molecule has 0 amide bonds. The fraction of sp³-hybridized carbons (Fsp3) is 1.00. The van der Waals surface area contributed by atoms with Gasteiger partial charge in [-0.1, -0.05) is 33.6 Å². The standard InChI is InChI=1S/C17H33N/c1-4-18-12-15-7-5-6-8-17(15)16-10-13(2)9-14(3)11-16/h13-18H,4-12H2,1-3H3. The van der Waals surface area contributed by atoms with Crippen molar-refractivity contribution in [2.45, 2.75) is 65.7 Å². The van der Waals surface area contributed by atoms with Crippen molar-refractivity contribution in [3.8, 4) is 0 Å². The van der Waals surface area contributed by atoms with Crippen molar-refractivity contribution >= 4 is 0 Å². The highest BCUT2D eigenvalue weighted by molar-refractivity contribution is 4.86. The minimum absolute atomic E-state index is 0.973. The van der Waals surface area contributed by atoms with Crippen LogP contribution >= 0.6 is 0 Å². The fourth-order valence-electron chi connectivity index (χ4n) is 4.80. The minimum atomic E-state index is 0.973. The van der Waals surface area contributed by atoms with Gasteiger partial charge in [0.2, 0.25) is 0 Å². The van der Waals surface area contributed by atoms with Crippen LogP contribution in [0.15, 0.2) is 0 Å². The van der Waals surface area contributed by atoms with Crippen molar-refractivity contribution in [1.29, 1.82) is 0 Å². The van der Waals surface area contributed by atoms with E-state index in [1.165, 1.54) is 51.5 Å². The molecule has 2 rings (SSSR count). The maximum atomic E-state index is 3.61. The summed E-state index contributed by atoms with van der Waals surface area (Å²) in [5.74, 6) is 4.98. The second-order valence-corrected chi connectivity index (χ2v) is 7.19. The molecule has 2 saturated carbocycles. The predicted octanol–water partition coefficient (Wildman–Crippen LogP) is 4.47. The molecule has 0 aromatic heterocycles. The van der Waals surface area contributed by atoms with Crippen LogP contribution in [0.3, 0.4) is 0 Å². The van der Waals surface area contributed by atoms with Crippen LogP contribution in [0, 0.1) is 29.6 Å². The monoisotopic (exact) mass is 251 g/mol. The van der Waals surface area contributed by atoms with Gasteiger partial charge in [0.1, 0.15) is 0 Å². The van der Waals surface area contributed by atoms with Crippen LogP contribution in [0.2, 0.25) is 0 Å². The molecule has 1 N–H and O–H groups in total. The number of hydrogen-bond donors (Lipinski definition) is 1. The molecule has 0 radical (unpaired) electrons. The van der Waals surface area contributed by atoms with Crippen LogP contribution in [-0.4, -0.2) is 13.1 Å². The maximum Gasteiger partial charge on any atom is -0.00179 e. The number of rotatable bonds is 4. The molecule has 4 atom stereocenters. The van der Waals surface area contributed by atoms with Gasteiger partial charge in [0, 0.05) is 0 Å². The quantitative estimate of drug-likeness (QED) is 0.777. The van der Waals surface area contributed by atoms with Crippen molar-refractivity contribution in [2.24, 2.45) is 29.6 Å². The third-order valence-electron chi connectivity index (χ3n) is 5.44. The third-order valence-corrected chi connectivity index (χ3v) is 5.44. The molecule has 0 aromatic rings. The van der Waals surface area contributed by atoms with Gasteiger partial charge in [-0.2, -0.15) is 0 Å². The Morgan fingerprint density at radius 1 is 0.944 bits per heavy atom. The third kappa shape index (κ3) is 3.73. The van der Waals surface area contributed by atoms with Crippen LogP contribution in [-0.2, 0) is 0 Å². The number of hydrogen-bond acceptors (Lipinski definition) is 1. The van der Waals surface area contributed by atoms with Gasteiger partial charge in [-0.05, 0) is 74.8 Å². The topological polar surface area (TPSA) is 12.0 Å². The van der Waals surface area contributed by atoms with Crippen LogP contribution in [0.1, 0.15) is 65.7 Å². The van der Waals surface area contributed by atoms with Crippen molar-refractivity contribution < 1.29 is 0 Å². The van der Waals surface area contributed by atoms with Gasteiger partial charge in [-0.25, -0.2) is 0 Å². The lowest BCUT2D eigenvalue weighted by Crippen LogP contribution is -2.37. The summed E-state index contributed by atoms with van der Waals surface area (Å²) < 4.78 is 0. The molecule has 106 valence electrons. The Labute approximate surface area is 114 Å². The SMILES string of the molecule is CCNCC1CCCCC1C1CC(C)CC(C)C1. The molecule has 1 heteroatoms. The number of nitrogens with one attached hydrogen (secondary N) is 1. The van der Waals surface area contributed by atoms with E-state index in [1.807, 2.05) is 0 Å². The summed E-state index contributed by atoms with van der Waals surface area (Å²) in [4.78, 5) is 0. The lowest BCUT2D eigenvalue weighted by Gasteiger charge is -2.42. The summed E-state index contributed by atoms with van der Waals surface area (Å²) in [6.07, 6.45) is 10.5. The molecule has 0 heterocycles. The first-order chi connectivity index (χ1) is 8.70. The average Bonchev–Trinajstić information content (AvgIpc) is 2.35. The molecule has 2 aliphatic carbocycles. The Bertz CT molecular complexity index is 228. The summed E-state index contributed by atoms with van der Waals surface area (Å²) in [6.45, 7) is 9.61. The summed E-state index contributed by atoms with van der Waals surface area (Å²) in [7, 11) is 0. The first-order valence-corrected chi connectivity index (χ1v) is 8.41. The molecule has 0 saturated heterocycles. The fourth-order valence-corrected chi connectivity index (χ4v) is 4.80. The van der Waals surface area contributed by atoms with E-state index in [0.717, 1.165) is 36.1 Å². The van der Waals surface area contributed by atoms with E-state index in [9.17, 15) is 0 Å². The molecular weight excluding hydrogens is 218 g/mol. The molecule has 0 aromatic carbocycles. The Morgan fingerprint density at radius 2 is 1.61 bits per heavy atom. The molecule has 2 aliphatic rings. The van der Waals surface area contributed by atoms with Gasteiger partial charge < -0.3 is 5.32 Å². The maximum absolute atomic E-state index is 3.61. The predicted molar refractivity (Wildman–Crippen MR) is 79.7 cm³/mol. The molecule has 0 bridgehead atoms. The summed E-state index contributed by atoms with van der Waals surface area (Å²) in [6, 6.07) is 0. The van der Waals surface area contributed by atoms with E-state index in [2.05, 4.69) is 26.1 Å². The highest BCUT2D eigenvalue weighted by Gasteiger charge is 2.35. The lowest BCUT2D eigenvalue weighted by molar-refractivity contribution is 0.0886. The first kappa shape index (κ1) is 14.4. The Morgan fingerprint density at radius 3 is 2.28 bits per heavy atom. The summed E-state index contributed by atoms with van der Waals surface area (Å²) >= 11 is 0. The van der Waals surface area contributed by atoms with E-state index in [4.69, 9.17) is 0 Å². The van der Waals surface area contributed by atoms with Crippen molar-refractivity contribution in [2.75, 3.05) is 13.1 Å². The van der Waals surface area contributed by atoms with Crippen molar-refractivity contribution in [3.05, 3.63) is 0 Å². The van der Waals surface area contributed by atoms with Gasteiger partial charge in [0.25, 0.3) is 0 Å². The zero-order valence-electron chi connectivity index (χ0n) is 12.8. The Balaban J connectivity index is 1.94. The largest absolute Gasteiger partial charge is 0.317 e. The molecule has 2 fully saturated rings. The van der Waals surface area contributed by atoms with Crippen LogP contribution in [0.25, 0.3) is 0 Å². The van der Waals surface area contributed by atoms with E-state index >= 15 is 0 Å². The van der Waals surface area contributed by atoms with E-state index in [-0.39, 0.29) is 0 Å². The van der Waals surface area contributed by atoms with Gasteiger partial charge in [-0.3, -0.25) is 0 Å². The average molecular weight is 251 g/mol. The van der Waals surface area contributed by atoms with Crippen LogP contribution in [0.4, 0.5) is 0 Å². The van der Waals surface area contributed by atoms with Crippen LogP contribution < -0.4 is 5.32 Å². The highest BCUT2D eigenvalue weighted by Crippen LogP contribution is 2.44. The second kappa shape index (κ2) is 6.93. The molecule has 18 heavy (non-hydrogen) atoms. The lowest BCUT2D eigenvalue weighted by atomic mass is 9.64. The highest BCUT2D eigenvalue weighted by atomic mass is 14.8. The summed E-state index contributed by atoms with van der Waals surface area (Å²) in [5.41, 5.74) is 0. The zero-order valence-corrected chi connectivity index (χ0v) is 12.8. The van der Waals surface area contributed by atoms with Crippen LogP contribution in [0.5, 0.6) is 0 Å². The smallest absolute Gasteiger partial charge is 0.00179 e. The Hall–Kier alpha value is -0.0400. The molecule has 0 spiro atoms. The van der Waals surface area contributed by atoms with E-state index < -0.39 is 0 Å². The minimum Gasteiger partial charge on any atom is -0.317 e. The van der Waals surface area contributed by atoms with Crippen molar-refractivity contribution in [1.82, 2.24) is 5.32 Å². The van der Waals surface area contributed by atoms with Gasteiger partial charge >= 0.3 is 0 Å². The molecule has 4 unspecified atom stereocenters. The first-order valence-electron chi connectivity index (χ1n) is 8.41. The van der Waals surface area contributed by atoms with Gasteiger partial charge in [0.15, 0.2) is 0 Å². The second-order valence-electron chi connectivity index (χ2n) is 7.19. The zero-order chi connectivity index (χ0) is 13.0. The Kier molecular flexibility index (Phi) is 5.54. The van der Waals surface area contributed by atoms with Gasteiger partial charge in [0.05, 0.1) is 0 Å². The normalized spacial score (nSPS) is 41.8. The molecular formula is C17H33N. The molecule has 0 aliphatic heterocycles. The van der Waals surface area contributed by atoms with Gasteiger partial charge in [-0.15, -0.1) is 0 Å². The van der Waals surface area contributed by atoms with E-state index in [0.29, 0.717) is 0 Å². The van der Waals surface area contributed by atoms with E-state index in [1.54, 1.807) is 0 Å². The van der Waals surface area contributed by atoms with Crippen molar-refractivity contribution in [3.63, 3.8) is 0 Å². The summed E-state index contributed by atoms with van der Waals surface area (Å²) in [5, 5.41) is 3.61. The molecule has 1 nitrogen and oxygen atoms in total.